The standard InChI is InChI=1S/C14H14BrN3O3/c15-10-7-16-18(8-10)9-14(19)17-11-2-3-12-13(6-11)21-5-1-4-20-12/h2-3,6-8H,1,4-5,9H2,(H,17,19). The van der Waals surface area contributed by atoms with E-state index in [-0.39, 0.29) is 12.5 Å². The normalized spacial score (nSPS) is 13.6. The minimum absolute atomic E-state index is 0.153. The number of hydrogen-bond acceptors (Lipinski definition) is 4. The van der Waals surface area contributed by atoms with E-state index in [0.29, 0.717) is 30.4 Å². The van der Waals surface area contributed by atoms with E-state index in [4.69, 9.17) is 9.47 Å². The van der Waals surface area contributed by atoms with Gasteiger partial charge in [-0.2, -0.15) is 5.10 Å². The number of ether oxygens (including phenoxy) is 2. The Morgan fingerprint density at radius 1 is 1.33 bits per heavy atom. The molecule has 0 unspecified atom stereocenters. The van der Waals surface area contributed by atoms with Crippen molar-refractivity contribution >= 4 is 27.5 Å². The third-order valence-electron chi connectivity index (χ3n) is 2.94. The van der Waals surface area contributed by atoms with E-state index in [1.165, 1.54) is 0 Å². The quantitative estimate of drug-likeness (QED) is 0.922. The van der Waals surface area contributed by atoms with Gasteiger partial charge in [-0.05, 0) is 28.1 Å². The van der Waals surface area contributed by atoms with Gasteiger partial charge < -0.3 is 14.8 Å². The number of anilines is 1. The summed E-state index contributed by atoms with van der Waals surface area (Å²) >= 11 is 3.29. The Labute approximate surface area is 130 Å². The first-order valence-electron chi connectivity index (χ1n) is 6.58. The third kappa shape index (κ3) is 3.55. The molecule has 0 atom stereocenters. The van der Waals surface area contributed by atoms with Crippen molar-refractivity contribution in [2.75, 3.05) is 18.5 Å². The highest BCUT2D eigenvalue weighted by Crippen LogP contribution is 2.32. The van der Waals surface area contributed by atoms with Crippen LogP contribution < -0.4 is 14.8 Å². The average molecular weight is 352 g/mol. The predicted molar refractivity (Wildman–Crippen MR) is 80.6 cm³/mol. The molecule has 2 aromatic rings. The third-order valence-corrected chi connectivity index (χ3v) is 3.35. The minimum atomic E-state index is -0.153. The molecule has 0 radical (unpaired) electrons. The maximum atomic E-state index is 12.0. The Bertz CT molecular complexity index is 657. The number of rotatable bonds is 3. The smallest absolute Gasteiger partial charge is 0.246 e. The van der Waals surface area contributed by atoms with Gasteiger partial charge in [-0.15, -0.1) is 0 Å². The highest BCUT2D eigenvalue weighted by molar-refractivity contribution is 9.10. The van der Waals surface area contributed by atoms with Gasteiger partial charge in [-0.25, -0.2) is 0 Å². The summed E-state index contributed by atoms with van der Waals surface area (Å²) in [6, 6.07) is 5.38. The second kappa shape index (κ2) is 6.17. The van der Waals surface area contributed by atoms with Gasteiger partial charge >= 0.3 is 0 Å². The van der Waals surface area contributed by atoms with Crippen LogP contribution in [0.4, 0.5) is 5.69 Å². The highest BCUT2D eigenvalue weighted by atomic mass is 79.9. The van der Waals surface area contributed by atoms with Crippen LogP contribution in [0.25, 0.3) is 0 Å². The topological polar surface area (TPSA) is 65.4 Å². The number of nitrogens with one attached hydrogen (secondary N) is 1. The molecule has 1 aliphatic rings. The molecule has 1 amide bonds. The number of amides is 1. The Kier molecular flexibility index (Phi) is 4.10. The van der Waals surface area contributed by atoms with Crippen LogP contribution in [0.5, 0.6) is 11.5 Å². The van der Waals surface area contributed by atoms with Crippen LogP contribution in [0, 0.1) is 0 Å². The van der Waals surface area contributed by atoms with Gasteiger partial charge in [0.15, 0.2) is 11.5 Å². The molecule has 1 aromatic heterocycles. The predicted octanol–water partition coefficient (Wildman–Crippen LogP) is 2.45. The molecule has 1 N–H and O–H groups in total. The molecule has 0 spiro atoms. The number of nitrogens with zero attached hydrogens (tertiary/aromatic N) is 2. The summed E-state index contributed by atoms with van der Waals surface area (Å²) in [4.78, 5) is 12.0. The first-order valence-corrected chi connectivity index (χ1v) is 7.37. The van der Waals surface area contributed by atoms with Gasteiger partial charge in [-0.1, -0.05) is 0 Å². The summed E-state index contributed by atoms with van der Waals surface area (Å²) < 4.78 is 13.5. The molecule has 7 heteroatoms. The first-order chi connectivity index (χ1) is 10.2. The molecular weight excluding hydrogens is 338 g/mol. The summed E-state index contributed by atoms with van der Waals surface area (Å²) in [7, 11) is 0. The minimum Gasteiger partial charge on any atom is -0.490 e. The molecule has 3 rings (SSSR count). The first kappa shape index (κ1) is 13.9. The number of halogens is 1. The highest BCUT2D eigenvalue weighted by Gasteiger charge is 2.12. The van der Waals surface area contributed by atoms with E-state index in [9.17, 15) is 4.79 Å². The van der Waals surface area contributed by atoms with Crippen LogP contribution in [0.1, 0.15) is 6.42 Å². The van der Waals surface area contributed by atoms with E-state index in [1.54, 1.807) is 35.3 Å². The van der Waals surface area contributed by atoms with Gasteiger partial charge in [0.1, 0.15) is 6.54 Å². The summed E-state index contributed by atoms with van der Waals surface area (Å²) in [6.07, 6.45) is 4.24. The fourth-order valence-corrected chi connectivity index (χ4v) is 2.34. The van der Waals surface area contributed by atoms with Crippen molar-refractivity contribution in [2.24, 2.45) is 0 Å². The van der Waals surface area contributed by atoms with Crippen molar-refractivity contribution in [1.29, 1.82) is 0 Å². The zero-order valence-electron chi connectivity index (χ0n) is 11.2. The fourth-order valence-electron chi connectivity index (χ4n) is 2.01. The van der Waals surface area contributed by atoms with Gasteiger partial charge in [-0.3, -0.25) is 9.48 Å². The van der Waals surface area contributed by atoms with Crippen LogP contribution >= 0.6 is 15.9 Å². The molecule has 2 heterocycles. The van der Waals surface area contributed by atoms with E-state index in [1.807, 2.05) is 0 Å². The van der Waals surface area contributed by atoms with Crippen molar-refractivity contribution in [3.63, 3.8) is 0 Å². The summed E-state index contributed by atoms with van der Waals surface area (Å²) in [5, 5.41) is 6.86. The maximum absolute atomic E-state index is 12.0. The van der Waals surface area contributed by atoms with Gasteiger partial charge in [0.2, 0.25) is 5.91 Å². The molecule has 0 fully saturated rings. The Morgan fingerprint density at radius 2 is 2.14 bits per heavy atom. The lowest BCUT2D eigenvalue weighted by molar-refractivity contribution is -0.116. The zero-order chi connectivity index (χ0) is 14.7. The van der Waals surface area contributed by atoms with Crippen molar-refractivity contribution in [2.45, 2.75) is 13.0 Å². The molecule has 1 aromatic carbocycles. The second-order valence-electron chi connectivity index (χ2n) is 4.62. The van der Waals surface area contributed by atoms with E-state index in [0.717, 1.165) is 10.9 Å². The molecule has 1 aliphatic heterocycles. The van der Waals surface area contributed by atoms with E-state index in [2.05, 4.69) is 26.3 Å². The lowest BCUT2D eigenvalue weighted by atomic mass is 10.2. The van der Waals surface area contributed by atoms with Crippen LogP contribution in [0.15, 0.2) is 35.1 Å². The van der Waals surface area contributed by atoms with Crippen LogP contribution in [-0.2, 0) is 11.3 Å². The van der Waals surface area contributed by atoms with Gasteiger partial charge in [0.25, 0.3) is 0 Å². The zero-order valence-corrected chi connectivity index (χ0v) is 12.8. The maximum Gasteiger partial charge on any atom is 0.246 e. The number of carbonyl (C=O) groups is 1. The lowest BCUT2D eigenvalue weighted by Gasteiger charge is -2.10. The molecule has 0 saturated carbocycles. The molecule has 0 saturated heterocycles. The van der Waals surface area contributed by atoms with Crippen molar-refractivity contribution in [3.8, 4) is 11.5 Å². The SMILES string of the molecule is O=C(Cn1cc(Br)cn1)Nc1ccc2c(c1)OCCCO2. The summed E-state index contributed by atoms with van der Waals surface area (Å²) in [6.45, 7) is 1.42. The lowest BCUT2D eigenvalue weighted by Crippen LogP contribution is -2.19. The molecule has 0 bridgehead atoms. The molecule has 21 heavy (non-hydrogen) atoms. The Balaban J connectivity index is 1.67. The fraction of sp³-hybridized carbons (Fsp3) is 0.286. The number of hydrogen-bond donors (Lipinski definition) is 1. The van der Waals surface area contributed by atoms with E-state index >= 15 is 0 Å². The summed E-state index contributed by atoms with van der Waals surface area (Å²) in [5.74, 6) is 1.22. The Hall–Kier alpha value is -2.02. The average Bonchev–Trinajstić information content (AvgIpc) is 2.73. The monoisotopic (exact) mass is 351 g/mol. The van der Waals surface area contributed by atoms with Gasteiger partial charge in [0, 0.05) is 24.4 Å². The number of carbonyl (C=O) groups excluding carboxylic acids is 1. The molecular formula is C14H14BrN3O3. The second-order valence-corrected chi connectivity index (χ2v) is 5.53. The van der Waals surface area contributed by atoms with Crippen molar-refractivity contribution < 1.29 is 14.3 Å². The van der Waals surface area contributed by atoms with Crippen LogP contribution in [0.2, 0.25) is 0 Å². The molecule has 110 valence electrons. The van der Waals surface area contributed by atoms with Crippen LogP contribution in [-0.4, -0.2) is 28.9 Å². The van der Waals surface area contributed by atoms with Gasteiger partial charge in [0.05, 0.1) is 23.9 Å². The molecule has 0 aliphatic carbocycles. The van der Waals surface area contributed by atoms with Crippen molar-refractivity contribution in [3.05, 3.63) is 35.1 Å². The van der Waals surface area contributed by atoms with Crippen LogP contribution in [0.3, 0.4) is 0 Å². The van der Waals surface area contributed by atoms with Crippen molar-refractivity contribution in [1.82, 2.24) is 9.78 Å². The molecule has 6 nitrogen and oxygen atoms in total. The largest absolute Gasteiger partial charge is 0.490 e. The number of benzene rings is 1. The number of fused-ring (bicyclic) bond motifs is 1. The number of aromatic nitrogens is 2. The summed E-state index contributed by atoms with van der Waals surface area (Å²) in [5.41, 5.74) is 0.676. The van der Waals surface area contributed by atoms with E-state index < -0.39 is 0 Å². The Morgan fingerprint density at radius 3 is 2.90 bits per heavy atom.